The van der Waals surface area contributed by atoms with Gasteiger partial charge in [0.25, 0.3) is 0 Å². The minimum Gasteiger partial charge on any atom is -0.459 e. The highest BCUT2D eigenvalue weighted by Gasteiger charge is 2.15. The van der Waals surface area contributed by atoms with Gasteiger partial charge in [-0.25, -0.2) is 9.97 Å². The zero-order chi connectivity index (χ0) is 13.3. The highest BCUT2D eigenvalue weighted by molar-refractivity contribution is 9.10. The molecule has 0 saturated heterocycles. The molecule has 0 unspecified atom stereocenters. The van der Waals surface area contributed by atoms with Crippen LogP contribution in [-0.4, -0.2) is 21.5 Å². The van der Waals surface area contributed by atoms with Crippen LogP contribution in [0.15, 0.2) is 23.2 Å². The summed E-state index contributed by atoms with van der Waals surface area (Å²) in [6.07, 6.45) is 4.70. The number of ether oxygens (including phenoxy) is 1. The number of hydrogen-bond acceptors (Lipinski definition) is 5. The van der Waals surface area contributed by atoms with Gasteiger partial charge in [0.2, 0.25) is 0 Å². The van der Waals surface area contributed by atoms with Crippen LogP contribution in [0.4, 0.5) is 0 Å². The molecule has 0 N–H and O–H groups in total. The lowest BCUT2D eigenvalue weighted by Gasteiger charge is -2.18. The number of nitriles is 1. The van der Waals surface area contributed by atoms with E-state index in [9.17, 15) is 4.79 Å². The topological polar surface area (TPSA) is 75.9 Å². The predicted octanol–water partition coefficient (Wildman–Crippen LogP) is 2.48. The first kappa shape index (κ1) is 15.5. The molecule has 6 heteroatoms. The smallest absolute Gasteiger partial charge is 0.320 e. The quantitative estimate of drug-likeness (QED) is 0.745. The van der Waals surface area contributed by atoms with E-state index >= 15 is 0 Å². The molecule has 0 saturated carbocycles. The summed E-state index contributed by atoms with van der Waals surface area (Å²) in [5, 5.41) is 8.08. The Labute approximate surface area is 109 Å². The maximum absolute atomic E-state index is 10.6. The lowest BCUT2D eigenvalue weighted by molar-refractivity contribution is -0.153. The SMILES string of the molecule is Brc1cncnc1.CC(C)(C)OC(=O)CC#N. The lowest BCUT2D eigenvalue weighted by atomic mass is 10.2. The van der Waals surface area contributed by atoms with Gasteiger partial charge in [-0.05, 0) is 36.7 Å². The Hall–Kier alpha value is -1.48. The maximum atomic E-state index is 10.6. The van der Waals surface area contributed by atoms with E-state index in [1.165, 1.54) is 6.33 Å². The van der Waals surface area contributed by atoms with E-state index in [1.807, 2.05) is 0 Å². The fraction of sp³-hybridized carbons (Fsp3) is 0.455. The summed E-state index contributed by atoms with van der Waals surface area (Å²) in [7, 11) is 0. The molecule has 1 aromatic rings. The number of rotatable bonds is 1. The molecule has 1 aromatic heterocycles. The molecule has 17 heavy (non-hydrogen) atoms. The Bertz CT molecular complexity index is 382. The van der Waals surface area contributed by atoms with Crippen LogP contribution in [0.2, 0.25) is 0 Å². The molecule has 5 nitrogen and oxygen atoms in total. The van der Waals surface area contributed by atoms with Crippen molar-refractivity contribution >= 4 is 21.9 Å². The van der Waals surface area contributed by atoms with Gasteiger partial charge in [-0.1, -0.05) is 0 Å². The molecule has 0 aliphatic heterocycles. The fourth-order valence-electron chi connectivity index (χ4n) is 0.723. The number of carbonyl (C=O) groups excluding carboxylic acids is 1. The second kappa shape index (κ2) is 7.74. The van der Waals surface area contributed by atoms with Crippen LogP contribution in [0.5, 0.6) is 0 Å². The van der Waals surface area contributed by atoms with E-state index in [-0.39, 0.29) is 6.42 Å². The van der Waals surface area contributed by atoms with E-state index in [2.05, 4.69) is 25.9 Å². The van der Waals surface area contributed by atoms with Crippen LogP contribution in [-0.2, 0) is 9.53 Å². The average Bonchev–Trinajstić information content (AvgIpc) is 2.17. The fourth-order valence-corrected chi connectivity index (χ4v) is 0.959. The molecule has 1 heterocycles. The van der Waals surface area contributed by atoms with Gasteiger partial charge in [0.1, 0.15) is 18.3 Å². The summed E-state index contributed by atoms with van der Waals surface area (Å²) < 4.78 is 5.73. The molecule has 0 aromatic carbocycles. The second-order valence-corrected chi connectivity index (χ2v) is 4.89. The Morgan fingerprint density at radius 3 is 2.29 bits per heavy atom. The van der Waals surface area contributed by atoms with Crippen LogP contribution in [0.3, 0.4) is 0 Å². The number of esters is 1. The minimum absolute atomic E-state index is 0.169. The normalized spacial score (nSPS) is 9.59. The van der Waals surface area contributed by atoms with Gasteiger partial charge in [0.05, 0.1) is 10.5 Å². The van der Waals surface area contributed by atoms with Crippen molar-refractivity contribution in [1.82, 2.24) is 9.97 Å². The van der Waals surface area contributed by atoms with Crippen molar-refractivity contribution in [2.24, 2.45) is 0 Å². The first-order chi connectivity index (χ1) is 7.85. The van der Waals surface area contributed by atoms with E-state index < -0.39 is 11.6 Å². The van der Waals surface area contributed by atoms with E-state index in [4.69, 9.17) is 10.00 Å². The molecule has 0 radical (unpaired) electrons. The van der Waals surface area contributed by atoms with Gasteiger partial charge in [-0.3, -0.25) is 4.79 Å². The van der Waals surface area contributed by atoms with Gasteiger partial charge in [-0.15, -0.1) is 0 Å². The number of nitrogens with zero attached hydrogens (tertiary/aromatic N) is 3. The predicted molar refractivity (Wildman–Crippen MR) is 65.8 cm³/mol. The summed E-state index contributed by atoms with van der Waals surface area (Å²) >= 11 is 3.19. The van der Waals surface area contributed by atoms with Crippen molar-refractivity contribution in [3.8, 4) is 6.07 Å². The van der Waals surface area contributed by atoms with Crippen molar-refractivity contribution in [2.45, 2.75) is 32.8 Å². The van der Waals surface area contributed by atoms with Crippen molar-refractivity contribution in [3.63, 3.8) is 0 Å². The van der Waals surface area contributed by atoms with E-state index in [0.29, 0.717) is 0 Å². The first-order valence-corrected chi connectivity index (χ1v) is 5.64. The number of hydrogen-bond donors (Lipinski definition) is 0. The van der Waals surface area contributed by atoms with E-state index in [0.717, 1.165) is 4.47 Å². The molecular formula is C11H14BrN3O2. The van der Waals surface area contributed by atoms with Crippen molar-refractivity contribution < 1.29 is 9.53 Å². The third-order valence-corrected chi connectivity index (χ3v) is 1.58. The van der Waals surface area contributed by atoms with Gasteiger partial charge in [0.15, 0.2) is 0 Å². The monoisotopic (exact) mass is 299 g/mol. The van der Waals surface area contributed by atoms with E-state index in [1.54, 1.807) is 39.2 Å². The standard InChI is InChI=1S/C7H11NO2.C4H3BrN2/c1-7(2,3)10-6(9)4-5-8;5-4-1-6-3-7-2-4/h4H2,1-3H3;1-3H. The zero-order valence-electron chi connectivity index (χ0n) is 9.98. The maximum Gasteiger partial charge on any atom is 0.320 e. The Balaban J connectivity index is 0.000000318. The number of aromatic nitrogens is 2. The van der Waals surface area contributed by atoms with Gasteiger partial charge in [-0.2, -0.15) is 5.26 Å². The second-order valence-electron chi connectivity index (χ2n) is 3.98. The summed E-state index contributed by atoms with van der Waals surface area (Å²) in [5.74, 6) is -0.463. The van der Waals surface area contributed by atoms with Gasteiger partial charge < -0.3 is 4.74 Å². The first-order valence-electron chi connectivity index (χ1n) is 4.84. The summed E-state index contributed by atoms with van der Waals surface area (Å²) in [6, 6.07) is 1.72. The highest BCUT2D eigenvalue weighted by atomic mass is 79.9. The van der Waals surface area contributed by atoms with Crippen molar-refractivity contribution in [1.29, 1.82) is 5.26 Å². The average molecular weight is 300 g/mol. The van der Waals surface area contributed by atoms with Crippen LogP contribution in [0, 0.1) is 11.3 Å². The van der Waals surface area contributed by atoms with Crippen LogP contribution in [0.1, 0.15) is 27.2 Å². The summed E-state index contributed by atoms with van der Waals surface area (Å²) in [5.41, 5.74) is -0.478. The molecule has 0 aliphatic carbocycles. The molecular weight excluding hydrogens is 286 g/mol. The lowest BCUT2D eigenvalue weighted by Crippen LogP contribution is -2.23. The molecule has 0 amide bonds. The minimum atomic E-state index is -0.478. The third kappa shape index (κ3) is 10.8. The highest BCUT2D eigenvalue weighted by Crippen LogP contribution is 2.07. The zero-order valence-corrected chi connectivity index (χ0v) is 11.6. The van der Waals surface area contributed by atoms with Crippen LogP contribution in [0.25, 0.3) is 0 Å². The largest absolute Gasteiger partial charge is 0.459 e. The Morgan fingerprint density at radius 1 is 1.47 bits per heavy atom. The molecule has 0 atom stereocenters. The Kier molecular flexibility index (Phi) is 7.06. The molecule has 1 rings (SSSR count). The molecule has 0 spiro atoms. The Morgan fingerprint density at radius 2 is 2.00 bits per heavy atom. The molecule has 0 fully saturated rings. The van der Waals surface area contributed by atoms with Crippen molar-refractivity contribution in [3.05, 3.63) is 23.2 Å². The number of halogens is 1. The van der Waals surface area contributed by atoms with Gasteiger partial charge >= 0.3 is 5.97 Å². The van der Waals surface area contributed by atoms with Crippen molar-refractivity contribution in [2.75, 3.05) is 0 Å². The third-order valence-electron chi connectivity index (χ3n) is 1.17. The molecule has 0 bridgehead atoms. The number of carbonyl (C=O) groups is 1. The summed E-state index contributed by atoms with van der Waals surface area (Å²) in [6.45, 7) is 5.30. The van der Waals surface area contributed by atoms with Gasteiger partial charge in [0, 0.05) is 12.4 Å². The van der Waals surface area contributed by atoms with Crippen LogP contribution < -0.4 is 0 Å². The van der Waals surface area contributed by atoms with Crippen LogP contribution >= 0.6 is 15.9 Å². The molecule has 92 valence electrons. The summed E-state index contributed by atoms with van der Waals surface area (Å²) in [4.78, 5) is 18.1. The molecule has 0 aliphatic rings.